The summed E-state index contributed by atoms with van der Waals surface area (Å²) in [5.74, 6) is 1.10. The van der Waals surface area contributed by atoms with Gasteiger partial charge in [0, 0.05) is 13.0 Å². The van der Waals surface area contributed by atoms with E-state index in [1.165, 1.54) is 23.6 Å². The molecule has 0 spiro atoms. The minimum Gasteiger partial charge on any atom is -0.454 e. The molecule has 0 aromatic heterocycles. The monoisotopic (exact) mass is 399 g/mol. The number of anilines is 1. The molecule has 2 aromatic carbocycles. The molecule has 6 nitrogen and oxygen atoms in total. The molecular weight excluding hydrogens is 386 g/mol. The van der Waals surface area contributed by atoms with Gasteiger partial charge in [-0.05, 0) is 35.9 Å². The lowest BCUT2D eigenvalue weighted by Crippen LogP contribution is -2.27. The first kappa shape index (κ1) is 17.6. The molecule has 2 aromatic rings. The molecule has 8 heteroatoms. The van der Waals surface area contributed by atoms with E-state index in [4.69, 9.17) is 26.4 Å². The Balaban J connectivity index is 1.57. The third-order valence-corrected chi connectivity index (χ3v) is 5.15. The molecule has 136 valence electrons. The summed E-state index contributed by atoms with van der Waals surface area (Å²) in [6.07, 6.45) is 1.75. The van der Waals surface area contributed by atoms with E-state index in [2.05, 4.69) is 0 Å². The van der Waals surface area contributed by atoms with Crippen molar-refractivity contribution in [2.75, 3.05) is 11.7 Å². The summed E-state index contributed by atoms with van der Waals surface area (Å²) >= 11 is 6.62. The molecule has 0 atom stereocenters. The third kappa shape index (κ3) is 3.54. The normalized spacial score (nSPS) is 16.9. The number of hydrogen-bond acceptors (Lipinski definition) is 7. The fourth-order valence-corrected chi connectivity index (χ4v) is 3.96. The molecule has 0 saturated carbocycles. The van der Waals surface area contributed by atoms with Crippen molar-refractivity contribution in [3.8, 4) is 17.2 Å². The Morgan fingerprint density at radius 3 is 2.67 bits per heavy atom. The van der Waals surface area contributed by atoms with Crippen LogP contribution in [0, 0.1) is 0 Å². The van der Waals surface area contributed by atoms with Gasteiger partial charge >= 0.3 is 5.97 Å². The third-order valence-electron chi connectivity index (χ3n) is 3.85. The average molecular weight is 399 g/mol. The van der Waals surface area contributed by atoms with Crippen molar-refractivity contribution >= 4 is 51.9 Å². The number of carbonyl (C=O) groups excluding carboxylic acids is 2. The van der Waals surface area contributed by atoms with E-state index in [1.807, 2.05) is 0 Å². The molecule has 1 amide bonds. The Morgan fingerprint density at radius 2 is 1.93 bits per heavy atom. The van der Waals surface area contributed by atoms with E-state index in [0.29, 0.717) is 32.2 Å². The second kappa shape index (κ2) is 7.05. The van der Waals surface area contributed by atoms with Crippen molar-refractivity contribution in [2.24, 2.45) is 0 Å². The zero-order chi connectivity index (χ0) is 19.0. The minimum absolute atomic E-state index is 0.167. The predicted molar refractivity (Wildman–Crippen MR) is 106 cm³/mol. The van der Waals surface area contributed by atoms with Gasteiger partial charge in [-0.1, -0.05) is 36.1 Å². The van der Waals surface area contributed by atoms with Gasteiger partial charge in [0.05, 0.1) is 10.6 Å². The van der Waals surface area contributed by atoms with Crippen LogP contribution in [0.15, 0.2) is 47.4 Å². The number of nitrogens with zero attached hydrogens (tertiary/aromatic N) is 1. The number of esters is 1. The van der Waals surface area contributed by atoms with Crippen molar-refractivity contribution in [1.82, 2.24) is 0 Å². The molecule has 1 saturated heterocycles. The van der Waals surface area contributed by atoms with Crippen molar-refractivity contribution in [2.45, 2.75) is 6.92 Å². The molecule has 0 aliphatic carbocycles. The minimum atomic E-state index is -0.382. The molecular formula is C19H13NO5S2. The van der Waals surface area contributed by atoms with Crippen LogP contribution in [-0.4, -0.2) is 23.0 Å². The number of ether oxygens (including phenoxy) is 3. The highest BCUT2D eigenvalue weighted by Crippen LogP contribution is 2.40. The van der Waals surface area contributed by atoms with Gasteiger partial charge in [0.25, 0.3) is 5.91 Å². The highest BCUT2D eigenvalue weighted by molar-refractivity contribution is 8.27. The summed E-state index contributed by atoms with van der Waals surface area (Å²) in [4.78, 5) is 25.8. The van der Waals surface area contributed by atoms with Gasteiger partial charge in [-0.25, -0.2) is 0 Å². The van der Waals surface area contributed by atoms with Gasteiger partial charge in [0.15, 0.2) is 15.8 Å². The topological polar surface area (TPSA) is 65.1 Å². The fraction of sp³-hybridized carbons (Fsp3) is 0.105. The number of fused-ring (bicyclic) bond motifs is 1. The van der Waals surface area contributed by atoms with Crippen LogP contribution in [0.1, 0.15) is 12.5 Å². The molecule has 2 aliphatic rings. The van der Waals surface area contributed by atoms with Crippen molar-refractivity contribution in [3.63, 3.8) is 0 Å². The SMILES string of the molecule is CC(=O)Oc1ccc(/C=C2/SC(=S)N(c3ccc4c(c3)OCO4)C2=O)cc1. The average Bonchev–Trinajstić information content (AvgIpc) is 3.20. The molecule has 2 aliphatic heterocycles. The first-order chi connectivity index (χ1) is 13.0. The van der Waals surface area contributed by atoms with Crippen LogP contribution in [0.25, 0.3) is 6.08 Å². The summed E-state index contributed by atoms with van der Waals surface area (Å²) < 4.78 is 16.1. The first-order valence-corrected chi connectivity index (χ1v) is 9.20. The molecule has 0 unspecified atom stereocenters. The molecule has 0 N–H and O–H groups in total. The van der Waals surface area contributed by atoms with E-state index in [1.54, 1.807) is 48.5 Å². The van der Waals surface area contributed by atoms with Crippen LogP contribution in [0.2, 0.25) is 0 Å². The van der Waals surface area contributed by atoms with Gasteiger partial charge in [-0.2, -0.15) is 0 Å². The second-order valence-electron chi connectivity index (χ2n) is 5.72. The molecule has 2 heterocycles. The fourth-order valence-electron chi connectivity index (χ4n) is 2.66. The maximum absolute atomic E-state index is 12.8. The lowest BCUT2D eigenvalue weighted by atomic mass is 10.2. The van der Waals surface area contributed by atoms with Crippen molar-refractivity contribution < 1.29 is 23.8 Å². The molecule has 27 heavy (non-hydrogen) atoms. The van der Waals surface area contributed by atoms with Crippen LogP contribution in [0.4, 0.5) is 5.69 Å². The second-order valence-corrected chi connectivity index (χ2v) is 7.39. The highest BCUT2D eigenvalue weighted by Gasteiger charge is 2.34. The van der Waals surface area contributed by atoms with Crippen LogP contribution in [0.3, 0.4) is 0 Å². The lowest BCUT2D eigenvalue weighted by Gasteiger charge is -2.14. The van der Waals surface area contributed by atoms with E-state index in [0.717, 1.165) is 5.56 Å². The van der Waals surface area contributed by atoms with Gasteiger partial charge in [-0.15, -0.1) is 0 Å². The zero-order valence-electron chi connectivity index (χ0n) is 14.1. The Bertz CT molecular complexity index is 984. The number of thiocarbonyl (C=S) groups is 1. The van der Waals surface area contributed by atoms with Crippen LogP contribution < -0.4 is 19.1 Å². The van der Waals surface area contributed by atoms with E-state index < -0.39 is 0 Å². The molecule has 0 radical (unpaired) electrons. The first-order valence-electron chi connectivity index (χ1n) is 7.97. The Hall–Kier alpha value is -2.84. The van der Waals surface area contributed by atoms with Gasteiger partial charge in [-0.3, -0.25) is 14.5 Å². The molecule has 0 bridgehead atoms. The quantitative estimate of drug-likeness (QED) is 0.337. The number of hydrogen-bond donors (Lipinski definition) is 0. The van der Waals surface area contributed by atoms with Gasteiger partial charge in [0.2, 0.25) is 6.79 Å². The standard InChI is InChI=1S/C19H13NO5S2/c1-11(21)25-14-5-2-12(3-6-14)8-17-18(22)20(19(26)27-17)13-4-7-15-16(9-13)24-10-23-15/h2-9H,10H2,1H3/b17-8+. The predicted octanol–water partition coefficient (Wildman–Crippen LogP) is 3.75. The lowest BCUT2D eigenvalue weighted by molar-refractivity contribution is -0.131. The molecule has 4 rings (SSSR count). The van der Waals surface area contributed by atoms with Crippen LogP contribution in [0.5, 0.6) is 17.2 Å². The van der Waals surface area contributed by atoms with Crippen molar-refractivity contribution in [1.29, 1.82) is 0 Å². The number of benzene rings is 2. The molecule has 1 fully saturated rings. The summed E-state index contributed by atoms with van der Waals surface area (Å²) in [5, 5.41) is 0. The Kier molecular flexibility index (Phi) is 4.59. The number of carbonyl (C=O) groups is 2. The summed E-state index contributed by atoms with van der Waals surface area (Å²) in [6, 6.07) is 12.2. The van der Waals surface area contributed by atoms with E-state index >= 15 is 0 Å². The maximum atomic E-state index is 12.8. The van der Waals surface area contributed by atoms with Crippen molar-refractivity contribution in [3.05, 3.63) is 52.9 Å². The van der Waals surface area contributed by atoms with E-state index in [9.17, 15) is 9.59 Å². The summed E-state index contributed by atoms with van der Waals surface area (Å²) in [7, 11) is 0. The summed E-state index contributed by atoms with van der Waals surface area (Å²) in [5.41, 5.74) is 1.44. The Labute approximate surface area is 164 Å². The van der Waals surface area contributed by atoms with Crippen LogP contribution in [-0.2, 0) is 9.59 Å². The largest absolute Gasteiger partial charge is 0.454 e. The number of thioether (sulfide) groups is 1. The number of amides is 1. The number of rotatable bonds is 3. The van der Waals surface area contributed by atoms with Gasteiger partial charge < -0.3 is 14.2 Å². The zero-order valence-corrected chi connectivity index (χ0v) is 15.8. The van der Waals surface area contributed by atoms with Crippen LogP contribution >= 0.6 is 24.0 Å². The van der Waals surface area contributed by atoms with Gasteiger partial charge in [0.1, 0.15) is 5.75 Å². The Morgan fingerprint density at radius 1 is 1.19 bits per heavy atom. The highest BCUT2D eigenvalue weighted by atomic mass is 32.2. The summed E-state index contributed by atoms with van der Waals surface area (Å²) in [6.45, 7) is 1.51. The smallest absolute Gasteiger partial charge is 0.308 e. The van der Waals surface area contributed by atoms with E-state index in [-0.39, 0.29) is 18.7 Å². The maximum Gasteiger partial charge on any atom is 0.308 e.